The molecule has 0 aliphatic rings. The fourth-order valence-corrected chi connectivity index (χ4v) is 5.19. The van der Waals surface area contributed by atoms with E-state index < -0.39 is 0 Å². The number of carbonyl (C=O) groups is 4. The molecule has 0 saturated heterocycles. The fourth-order valence-electron chi connectivity index (χ4n) is 3.95. The highest BCUT2D eigenvalue weighted by Crippen LogP contribution is 2.17. The molecule has 2 aromatic carbocycles. The summed E-state index contributed by atoms with van der Waals surface area (Å²) < 4.78 is 0. The van der Waals surface area contributed by atoms with E-state index in [4.69, 9.17) is 0 Å². The first-order valence-corrected chi connectivity index (χ1v) is 15.6. The van der Waals surface area contributed by atoms with Crippen molar-refractivity contribution in [3.05, 3.63) is 104 Å². The first kappa shape index (κ1) is 32.0. The van der Waals surface area contributed by atoms with Crippen molar-refractivity contribution < 1.29 is 19.2 Å². The van der Waals surface area contributed by atoms with Crippen LogP contribution in [0.2, 0.25) is 0 Å². The molecule has 0 saturated carbocycles. The van der Waals surface area contributed by atoms with Gasteiger partial charge in [-0.15, -0.1) is 22.7 Å². The van der Waals surface area contributed by atoms with Gasteiger partial charge >= 0.3 is 0 Å². The van der Waals surface area contributed by atoms with Crippen molar-refractivity contribution >= 4 is 69.1 Å². The Hall–Kier alpha value is -4.94. The molecule has 44 heavy (non-hydrogen) atoms. The molecule has 0 aliphatic carbocycles. The van der Waals surface area contributed by atoms with Crippen LogP contribution in [0.3, 0.4) is 0 Å². The summed E-state index contributed by atoms with van der Waals surface area (Å²) in [6.07, 6.45) is 1.44. The maximum absolute atomic E-state index is 12.3. The second-order valence-corrected chi connectivity index (χ2v) is 11.6. The highest BCUT2D eigenvalue weighted by Gasteiger charge is 2.10. The monoisotopic (exact) mass is 628 g/mol. The van der Waals surface area contributed by atoms with E-state index in [0.29, 0.717) is 45.4 Å². The van der Waals surface area contributed by atoms with Crippen LogP contribution in [-0.4, -0.2) is 35.1 Å². The third-order valence-electron chi connectivity index (χ3n) is 6.32. The van der Waals surface area contributed by atoms with Crippen LogP contribution in [0.15, 0.2) is 93.8 Å². The largest absolute Gasteiger partial charge is 0.321 e. The normalized spacial score (nSPS) is 11.5. The Morgan fingerprint density at radius 2 is 1.05 bits per heavy atom. The van der Waals surface area contributed by atoms with E-state index in [0.717, 1.165) is 11.1 Å². The number of carbonyl (C=O) groups excluding carboxylic acids is 4. The molecular weight excluding hydrogens is 597 g/mol. The Kier molecular flexibility index (Phi) is 11.7. The van der Waals surface area contributed by atoms with Crippen molar-refractivity contribution in [2.75, 3.05) is 10.6 Å². The van der Waals surface area contributed by atoms with E-state index >= 15 is 0 Å². The van der Waals surface area contributed by atoms with Crippen LogP contribution in [0, 0.1) is 0 Å². The maximum atomic E-state index is 12.3. The lowest BCUT2D eigenvalue weighted by Crippen LogP contribution is -2.20. The number of anilines is 2. The Morgan fingerprint density at radius 3 is 1.43 bits per heavy atom. The molecule has 2 aromatic heterocycles. The molecule has 0 spiro atoms. The molecule has 2 heterocycles. The molecule has 4 amide bonds. The highest BCUT2D eigenvalue weighted by molar-refractivity contribution is 7.12. The Balaban J connectivity index is 1.16. The number of benzene rings is 2. The van der Waals surface area contributed by atoms with Crippen LogP contribution in [0.1, 0.15) is 70.0 Å². The predicted octanol–water partition coefficient (Wildman–Crippen LogP) is 6.26. The predicted molar refractivity (Wildman–Crippen MR) is 177 cm³/mol. The lowest BCUT2D eigenvalue weighted by Gasteiger charge is -2.07. The molecule has 0 radical (unpaired) electrons. The number of nitrogens with one attached hydrogen (secondary N) is 4. The zero-order valence-electron chi connectivity index (χ0n) is 24.3. The molecule has 0 aliphatic heterocycles. The van der Waals surface area contributed by atoms with E-state index in [1.165, 1.54) is 22.7 Å². The van der Waals surface area contributed by atoms with Crippen molar-refractivity contribution in [3.8, 4) is 0 Å². The summed E-state index contributed by atoms with van der Waals surface area (Å²) in [6, 6.07) is 21.6. The minimum Gasteiger partial charge on any atom is -0.321 e. The van der Waals surface area contributed by atoms with Crippen LogP contribution in [0.5, 0.6) is 0 Å². The minimum atomic E-state index is -0.258. The van der Waals surface area contributed by atoms with Crippen molar-refractivity contribution in [3.63, 3.8) is 0 Å². The first-order valence-electron chi connectivity index (χ1n) is 13.9. The molecule has 10 nitrogen and oxygen atoms in total. The molecule has 0 fully saturated rings. The van der Waals surface area contributed by atoms with Crippen molar-refractivity contribution in [2.24, 2.45) is 10.2 Å². The van der Waals surface area contributed by atoms with Gasteiger partial charge in [-0.2, -0.15) is 10.2 Å². The smallest absolute Gasteiger partial charge is 0.265 e. The van der Waals surface area contributed by atoms with E-state index in [2.05, 4.69) is 31.7 Å². The van der Waals surface area contributed by atoms with Gasteiger partial charge in [0.1, 0.15) is 0 Å². The number of thiophene rings is 2. The number of nitrogens with zero attached hydrogens (tertiary/aromatic N) is 2. The molecule has 0 atom stereocenters. The minimum absolute atomic E-state index is 0.183. The van der Waals surface area contributed by atoms with Gasteiger partial charge in [0, 0.05) is 24.2 Å². The SMILES string of the molecule is CC(=NNC(=O)CCCCC(=O)NN=C(C)c1cccc(NC(=O)c2cccs2)c1)c1cccc(NC(=O)c2cccs2)c1. The topological polar surface area (TPSA) is 141 Å². The van der Waals surface area contributed by atoms with Gasteiger partial charge in [0.25, 0.3) is 11.8 Å². The van der Waals surface area contributed by atoms with E-state index in [-0.39, 0.29) is 36.5 Å². The molecule has 12 heteroatoms. The number of amides is 4. The van der Waals surface area contributed by atoms with E-state index in [9.17, 15) is 19.2 Å². The first-order chi connectivity index (χ1) is 21.3. The quantitative estimate of drug-likeness (QED) is 0.0788. The summed E-state index contributed by atoms with van der Waals surface area (Å²) >= 11 is 2.73. The third-order valence-corrected chi connectivity index (χ3v) is 8.06. The number of rotatable bonds is 13. The second kappa shape index (κ2) is 16.1. The Labute approximate surface area is 263 Å². The van der Waals surface area contributed by atoms with Crippen molar-refractivity contribution in [1.82, 2.24) is 10.9 Å². The molecule has 4 N–H and O–H groups in total. The lowest BCUT2D eigenvalue weighted by molar-refractivity contribution is -0.123. The van der Waals surface area contributed by atoms with Gasteiger partial charge in [0.05, 0.1) is 21.2 Å². The Bertz CT molecular complexity index is 1540. The van der Waals surface area contributed by atoms with Crippen molar-refractivity contribution in [2.45, 2.75) is 39.5 Å². The van der Waals surface area contributed by atoms with Crippen LogP contribution in [0.4, 0.5) is 11.4 Å². The summed E-state index contributed by atoms with van der Waals surface area (Å²) in [6.45, 7) is 3.54. The number of hydrazone groups is 2. The van der Waals surface area contributed by atoms with Gasteiger partial charge in [-0.05, 0) is 85.0 Å². The molecule has 226 valence electrons. The summed E-state index contributed by atoms with van der Waals surface area (Å²) in [5.74, 6) is -0.880. The van der Waals surface area contributed by atoms with Gasteiger partial charge in [-0.3, -0.25) is 19.2 Å². The maximum Gasteiger partial charge on any atom is 0.265 e. The van der Waals surface area contributed by atoms with Gasteiger partial charge < -0.3 is 10.6 Å². The van der Waals surface area contributed by atoms with E-state index in [1.807, 2.05) is 35.0 Å². The summed E-state index contributed by atoms with van der Waals surface area (Å²) in [7, 11) is 0. The van der Waals surface area contributed by atoms with Crippen LogP contribution in [0.25, 0.3) is 0 Å². The van der Waals surface area contributed by atoms with Crippen molar-refractivity contribution in [1.29, 1.82) is 0 Å². The Morgan fingerprint density at radius 1 is 0.614 bits per heavy atom. The summed E-state index contributed by atoms with van der Waals surface area (Å²) in [5, 5.41) is 17.8. The molecular formula is C32H32N6O4S2. The molecule has 4 aromatic rings. The molecule has 0 unspecified atom stereocenters. The zero-order chi connectivity index (χ0) is 31.3. The highest BCUT2D eigenvalue weighted by atomic mass is 32.1. The van der Waals surface area contributed by atoms with E-state index in [1.54, 1.807) is 62.4 Å². The number of hydrogen-bond acceptors (Lipinski definition) is 8. The fraction of sp³-hybridized carbons (Fsp3) is 0.188. The van der Waals surface area contributed by atoms with Crippen LogP contribution < -0.4 is 21.5 Å². The standard InChI is InChI=1S/C32H32N6O4S2/c1-21(23-9-5-11-25(19-23)33-31(41)27-13-7-17-43-27)35-37-29(39)15-3-4-16-30(40)38-36-22(2)24-10-6-12-26(20-24)34-32(42)28-14-8-18-44-28/h5-14,17-20H,3-4,15-16H2,1-2H3,(H,33,41)(H,34,42)(H,37,39)(H,38,40). The average Bonchev–Trinajstić information content (AvgIpc) is 3.77. The van der Waals surface area contributed by atoms with Gasteiger partial charge in [-0.25, -0.2) is 10.9 Å². The van der Waals surface area contributed by atoms with Gasteiger partial charge in [0.15, 0.2) is 0 Å². The van der Waals surface area contributed by atoms with Crippen LogP contribution >= 0.6 is 22.7 Å². The molecule has 0 bridgehead atoms. The average molecular weight is 629 g/mol. The van der Waals surface area contributed by atoms with Gasteiger partial charge in [0.2, 0.25) is 11.8 Å². The lowest BCUT2D eigenvalue weighted by atomic mass is 10.1. The number of unbranched alkanes of at least 4 members (excludes halogenated alkanes) is 1. The summed E-state index contributed by atoms with van der Waals surface area (Å²) in [5.41, 5.74) is 9.06. The summed E-state index contributed by atoms with van der Waals surface area (Å²) in [4.78, 5) is 50.4. The third kappa shape index (κ3) is 9.82. The van der Waals surface area contributed by atoms with Crippen LogP contribution in [-0.2, 0) is 9.59 Å². The van der Waals surface area contributed by atoms with Gasteiger partial charge in [-0.1, -0.05) is 36.4 Å². The molecule has 4 rings (SSSR count). The second-order valence-electron chi connectivity index (χ2n) is 9.70. The number of hydrogen-bond donors (Lipinski definition) is 4. The zero-order valence-corrected chi connectivity index (χ0v) is 25.9.